The third-order valence-corrected chi connectivity index (χ3v) is 3.58. The van der Waals surface area contributed by atoms with Gasteiger partial charge in [-0.25, -0.2) is 0 Å². The summed E-state index contributed by atoms with van der Waals surface area (Å²) < 4.78 is 0.889. The van der Waals surface area contributed by atoms with Gasteiger partial charge in [0.25, 0.3) is 0 Å². The minimum Gasteiger partial charge on any atom is -0.379 e. The van der Waals surface area contributed by atoms with E-state index in [1.807, 2.05) is 19.2 Å². The van der Waals surface area contributed by atoms with Gasteiger partial charge in [0.15, 0.2) is 0 Å². The van der Waals surface area contributed by atoms with E-state index >= 15 is 0 Å². The molecule has 1 aliphatic rings. The molecule has 5 heteroatoms. The molecule has 18 heavy (non-hydrogen) atoms. The molecule has 1 heterocycles. The molecule has 0 spiro atoms. The van der Waals surface area contributed by atoms with Crippen molar-refractivity contribution in [1.82, 2.24) is 4.90 Å². The third-order valence-electron chi connectivity index (χ3n) is 3.09. The molecule has 0 aromatic heterocycles. The molecular weight excluding hydrogens is 294 g/mol. The predicted molar refractivity (Wildman–Crippen MR) is 73.1 cm³/mol. The van der Waals surface area contributed by atoms with Gasteiger partial charge in [-0.15, -0.1) is 0 Å². The molecule has 1 amide bonds. The molecular formula is C13H14BrN3O. The van der Waals surface area contributed by atoms with E-state index < -0.39 is 0 Å². The lowest BCUT2D eigenvalue weighted by atomic mass is 10.0. The lowest BCUT2D eigenvalue weighted by molar-refractivity contribution is -0.132. The molecule has 1 aromatic rings. The summed E-state index contributed by atoms with van der Waals surface area (Å²) in [4.78, 5) is 13.1. The number of nitrogens with zero attached hydrogens (tertiary/aromatic N) is 2. The Bertz CT molecular complexity index is 509. The molecule has 1 unspecified atom stereocenters. The van der Waals surface area contributed by atoms with Crippen LogP contribution in [-0.2, 0) is 4.79 Å². The van der Waals surface area contributed by atoms with Crippen molar-refractivity contribution in [2.75, 3.05) is 18.9 Å². The van der Waals surface area contributed by atoms with Gasteiger partial charge in [-0.1, -0.05) is 15.9 Å². The fraction of sp³-hybridized carbons (Fsp3) is 0.385. The van der Waals surface area contributed by atoms with E-state index in [4.69, 9.17) is 5.26 Å². The van der Waals surface area contributed by atoms with Gasteiger partial charge >= 0.3 is 0 Å². The lowest BCUT2D eigenvalue weighted by Crippen LogP contribution is -2.43. The number of rotatable bonds is 2. The second kappa shape index (κ2) is 5.40. The van der Waals surface area contributed by atoms with Crippen LogP contribution in [0.25, 0.3) is 0 Å². The summed E-state index contributed by atoms with van der Waals surface area (Å²) in [5.41, 5.74) is 1.44. The van der Waals surface area contributed by atoms with Crippen LogP contribution in [0.1, 0.15) is 18.4 Å². The Kier molecular flexibility index (Phi) is 3.87. The molecule has 0 radical (unpaired) electrons. The van der Waals surface area contributed by atoms with E-state index in [2.05, 4.69) is 27.3 Å². The number of anilines is 1. The highest BCUT2D eigenvalue weighted by Crippen LogP contribution is 2.23. The number of carbonyl (C=O) groups excluding carboxylic acids is 1. The lowest BCUT2D eigenvalue weighted by Gasteiger charge is -2.31. The number of likely N-dealkylation sites (tertiary alicyclic amines) is 1. The van der Waals surface area contributed by atoms with E-state index in [9.17, 15) is 4.79 Å². The number of hydrogen-bond donors (Lipinski definition) is 1. The van der Waals surface area contributed by atoms with Gasteiger partial charge in [-0.2, -0.15) is 5.26 Å². The Morgan fingerprint density at radius 1 is 1.56 bits per heavy atom. The number of carbonyl (C=O) groups is 1. The Morgan fingerprint density at radius 2 is 2.33 bits per heavy atom. The van der Waals surface area contributed by atoms with Gasteiger partial charge < -0.3 is 10.2 Å². The van der Waals surface area contributed by atoms with Crippen LogP contribution in [-0.4, -0.2) is 30.4 Å². The van der Waals surface area contributed by atoms with Crippen LogP contribution in [0.2, 0.25) is 0 Å². The smallest absolute Gasteiger partial charge is 0.222 e. The van der Waals surface area contributed by atoms with Gasteiger partial charge in [0, 0.05) is 30.5 Å². The van der Waals surface area contributed by atoms with E-state index in [1.165, 1.54) is 0 Å². The second-order valence-electron chi connectivity index (χ2n) is 4.46. The SMILES string of the molecule is CN1CC(Nc2ccc(Br)cc2C#N)CCC1=O. The van der Waals surface area contributed by atoms with Crippen LogP contribution in [0.15, 0.2) is 22.7 Å². The summed E-state index contributed by atoms with van der Waals surface area (Å²) in [6, 6.07) is 7.97. The maximum absolute atomic E-state index is 11.4. The van der Waals surface area contributed by atoms with Crippen LogP contribution >= 0.6 is 15.9 Å². The van der Waals surface area contributed by atoms with Crippen LogP contribution < -0.4 is 5.32 Å². The third kappa shape index (κ3) is 2.82. The average Bonchev–Trinajstić information content (AvgIpc) is 2.36. The number of hydrogen-bond acceptors (Lipinski definition) is 3. The van der Waals surface area contributed by atoms with Crippen molar-refractivity contribution in [3.63, 3.8) is 0 Å². The molecule has 0 saturated carbocycles. The number of nitrogens with one attached hydrogen (secondary N) is 1. The molecule has 0 bridgehead atoms. The highest BCUT2D eigenvalue weighted by atomic mass is 79.9. The summed E-state index contributed by atoms with van der Waals surface area (Å²) in [6.07, 6.45) is 1.37. The van der Waals surface area contributed by atoms with Gasteiger partial charge in [0.2, 0.25) is 5.91 Å². The summed E-state index contributed by atoms with van der Waals surface area (Å²) in [5, 5.41) is 12.4. The molecule has 2 rings (SSSR count). The van der Waals surface area contributed by atoms with E-state index in [0.717, 1.165) is 16.6 Å². The van der Waals surface area contributed by atoms with Crippen molar-refractivity contribution >= 4 is 27.5 Å². The molecule has 0 aliphatic carbocycles. The van der Waals surface area contributed by atoms with Crippen LogP contribution in [0.3, 0.4) is 0 Å². The molecule has 94 valence electrons. The number of benzene rings is 1. The van der Waals surface area contributed by atoms with Crippen molar-refractivity contribution in [2.45, 2.75) is 18.9 Å². The first-order valence-electron chi connectivity index (χ1n) is 5.80. The Hall–Kier alpha value is -1.54. The van der Waals surface area contributed by atoms with E-state index in [-0.39, 0.29) is 11.9 Å². The van der Waals surface area contributed by atoms with Gasteiger partial charge in [-0.3, -0.25) is 4.79 Å². The Morgan fingerprint density at radius 3 is 3.00 bits per heavy atom. The quantitative estimate of drug-likeness (QED) is 0.912. The maximum atomic E-state index is 11.4. The highest BCUT2D eigenvalue weighted by Gasteiger charge is 2.23. The zero-order chi connectivity index (χ0) is 13.1. The summed E-state index contributed by atoms with van der Waals surface area (Å²) >= 11 is 3.35. The summed E-state index contributed by atoms with van der Waals surface area (Å²) in [5.74, 6) is 0.185. The minimum atomic E-state index is 0.185. The van der Waals surface area contributed by atoms with Crippen molar-refractivity contribution in [1.29, 1.82) is 5.26 Å². The zero-order valence-electron chi connectivity index (χ0n) is 10.1. The second-order valence-corrected chi connectivity index (χ2v) is 5.37. The topological polar surface area (TPSA) is 56.1 Å². The fourth-order valence-electron chi connectivity index (χ4n) is 2.08. The number of nitriles is 1. The maximum Gasteiger partial charge on any atom is 0.222 e. The number of halogens is 1. The van der Waals surface area contributed by atoms with Crippen molar-refractivity contribution in [3.05, 3.63) is 28.2 Å². The van der Waals surface area contributed by atoms with Crippen molar-refractivity contribution < 1.29 is 4.79 Å². The largest absolute Gasteiger partial charge is 0.379 e. The highest BCUT2D eigenvalue weighted by molar-refractivity contribution is 9.10. The fourth-order valence-corrected chi connectivity index (χ4v) is 2.45. The van der Waals surface area contributed by atoms with Crippen LogP contribution in [0, 0.1) is 11.3 Å². The van der Waals surface area contributed by atoms with Crippen LogP contribution in [0.4, 0.5) is 5.69 Å². The molecule has 1 aliphatic heterocycles. The molecule has 1 saturated heterocycles. The van der Waals surface area contributed by atoms with Gasteiger partial charge in [-0.05, 0) is 24.6 Å². The molecule has 1 aromatic carbocycles. The Balaban J connectivity index is 2.10. The summed E-state index contributed by atoms with van der Waals surface area (Å²) in [6.45, 7) is 0.680. The standard InChI is InChI=1S/C13H14BrN3O/c1-17-8-11(3-5-13(17)18)16-12-4-2-10(14)6-9(12)7-15/h2,4,6,11,16H,3,5,8H2,1H3. The predicted octanol–water partition coefficient (Wildman–Crippen LogP) is 2.35. The van der Waals surface area contributed by atoms with Gasteiger partial charge in [0.1, 0.15) is 6.07 Å². The van der Waals surface area contributed by atoms with Crippen molar-refractivity contribution in [2.24, 2.45) is 0 Å². The Labute approximate surface area is 115 Å². The molecule has 1 N–H and O–H groups in total. The minimum absolute atomic E-state index is 0.185. The van der Waals surface area contributed by atoms with E-state index in [0.29, 0.717) is 18.5 Å². The first kappa shape index (κ1) is 12.9. The molecule has 1 atom stereocenters. The molecule has 1 fully saturated rings. The summed E-state index contributed by atoms with van der Waals surface area (Å²) in [7, 11) is 1.81. The van der Waals surface area contributed by atoms with Crippen LogP contribution in [0.5, 0.6) is 0 Å². The van der Waals surface area contributed by atoms with Gasteiger partial charge in [0.05, 0.1) is 11.3 Å². The number of likely N-dealkylation sites (N-methyl/N-ethyl adjacent to an activating group) is 1. The van der Waals surface area contributed by atoms with E-state index in [1.54, 1.807) is 11.0 Å². The number of piperidine rings is 1. The zero-order valence-corrected chi connectivity index (χ0v) is 11.7. The normalized spacial score (nSPS) is 19.5. The monoisotopic (exact) mass is 307 g/mol. The molecule has 4 nitrogen and oxygen atoms in total. The average molecular weight is 308 g/mol. The first-order chi connectivity index (χ1) is 8.60. The number of amides is 1. The first-order valence-corrected chi connectivity index (χ1v) is 6.59. The van der Waals surface area contributed by atoms with Crippen molar-refractivity contribution in [3.8, 4) is 6.07 Å².